The first-order chi connectivity index (χ1) is 17.0. The van der Waals surface area contributed by atoms with Gasteiger partial charge in [0.15, 0.2) is 0 Å². The quantitative estimate of drug-likeness (QED) is 0.375. The van der Waals surface area contributed by atoms with Crippen LogP contribution >= 0.6 is 11.8 Å². The molecular weight excluding hydrogens is 458 g/mol. The molecule has 1 amide bonds. The summed E-state index contributed by atoms with van der Waals surface area (Å²) in [6.45, 7) is 4.27. The standard InChI is InChI=1S/C28H27N3O3S/c1-19-25(27(33)31(29(19)3)23-12-8-5-9-13-23)30-26(32)20(2)35-28(30)22-14-16-24(17-15-22)34-18-21-10-6-4-7-11-21/h4-17,20,28H,18H2,1-3H3. The number of aromatic nitrogens is 2. The number of carbonyl (C=O) groups is 1. The third-order valence-corrected chi connectivity index (χ3v) is 7.68. The summed E-state index contributed by atoms with van der Waals surface area (Å²) in [5.74, 6) is 0.698. The molecule has 0 aliphatic carbocycles. The molecule has 0 N–H and O–H groups in total. The number of rotatable bonds is 6. The van der Waals surface area contributed by atoms with Crippen LogP contribution in [0.2, 0.25) is 0 Å². The van der Waals surface area contributed by atoms with Crippen molar-refractivity contribution < 1.29 is 9.53 Å². The molecule has 0 saturated carbocycles. The molecule has 2 atom stereocenters. The maximum atomic E-state index is 13.6. The van der Waals surface area contributed by atoms with Crippen LogP contribution in [0.3, 0.4) is 0 Å². The molecule has 1 aromatic heterocycles. The second-order valence-corrected chi connectivity index (χ2v) is 10.0. The Kier molecular flexibility index (Phi) is 6.26. The van der Waals surface area contributed by atoms with Crippen molar-refractivity contribution in [3.8, 4) is 11.4 Å². The van der Waals surface area contributed by atoms with Gasteiger partial charge < -0.3 is 4.74 Å². The van der Waals surface area contributed by atoms with Crippen LogP contribution < -0.4 is 15.2 Å². The van der Waals surface area contributed by atoms with Gasteiger partial charge in [-0.15, -0.1) is 11.8 Å². The van der Waals surface area contributed by atoms with Gasteiger partial charge in [0, 0.05) is 7.05 Å². The summed E-state index contributed by atoms with van der Waals surface area (Å²) in [6, 6.07) is 27.3. The highest BCUT2D eigenvalue weighted by atomic mass is 32.2. The summed E-state index contributed by atoms with van der Waals surface area (Å²) < 4.78 is 9.35. The van der Waals surface area contributed by atoms with Gasteiger partial charge in [0.25, 0.3) is 5.56 Å². The molecule has 1 aliphatic heterocycles. The molecule has 1 fully saturated rings. The minimum absolute atomic E-state index is 0.0598. The number of hydrogen-bond donors (Lipinski definition) is 0. The molecule has 2 unspecified atom stereocenters. The minimum atomic E-state index is -0.293. The molecule has 0 spiro atoms. The number of thioether (sulfide) groups is 1. The molecule has 7 heteroatoms. The van der Waals surface area contributed by atoms with Crippen molar-refractivity contribution in [3.05, 3.63) is 112 Å². The van der Waals surface area contributed by atoms with E-state index in [2.05, 4.69) is 0 Å². The minimum Gasteiger partial charge on any atom is -0.489 e. The van der Waals surface area contributed by atoms with E-state index in [0.29, 0.717) is 12.3 Å². The average molecular weight is 486 g/mol. The van der Waals surface area contributed by atoms with Gasteiger partial charge >= 0.3 is 0 Å². The lowest BCUT2D eigenvalue weighted by Crippen LogP contribution is -2.34. The third kappa shape index (κ3) is 4.28. The van der Waals surface area contributed by atoms with E-state index in [-0.39, 0.29) is 22.1 Å². The van der Waals surface area contributed by atoms with Crippen LogP contribution in [-0.4, -0.2) is 20.5 Å². The predicted molar refractivity (Wildman–Crippen MR) is 140 cm³/mol. The van der Waals surface area contributed by atoms with Crippen molar-refractivity contribution in [1.29, 1.82) is 0 Å². The maximum Gasteiger partial charge on any atom is 0.295 e. The van der Waals surface area contributed by atoms with Crippen molar-refractivity contribution in [1.82, 2.24) is 9.36 Å². The fraction of sp³-hybridized carbons (Fsp3) is 0.214. The first kappa shape index (κ1) is 23.1. The predicted octanol–water partition coefficient (Wildman–Crippen LogP) is 5.23. The average Bonchev–Trinajstić information content (AvgIpc) is 3.29. The second kappa shape index (κ2) is 9.50. The van der Waals surface area contributed by atoms with Crippen LogP contribution in [0.1, 0.15) is 29.1 Å². The monoisotopic (exact) mass is 485 g/mol. The summed E-state index contributed by atoms with van der Waals surface area (Å²) in [4.78, 5) is 28.6. The molecule has 0 radical (unpaired) electrons. The van der Waals surface area contributed by atoms with Gasteiger partial charge in [0.1, 0.15) is 23.4 Å². The van der Waals surface area contributed by atoms with Gasteiger partial charge in [0.2, 0.25) is 5.91 Å². The number of para-hydroxylation sites is 1. The SMILES string of the molecule is Cc1c(N2C(=O)C(C)SC2c2ccc(OCc3ccccc3)cc2)c(=O)n(-c2ccccc2)n1C. The number of nitrogens with zero attached hydrogens (tertiary/aromatic N) is 3. The van der Waals surface area contributed by atoms with Crippen LogP contribution in [0.15, 0.2) is 89.7 Å². The number of hydrogen-bond acceptors (Lipinski definition) is 4. The van der Waals surface area contributed by atoms with Crippen LogP contribution in [-0.2, 0) is 18.4 Å². The first-order valence-corrected chi connectivity index (χ1v) is 12.5. The Labute approximate surface area is 208 Å². The summed E-state index contributed by atoms with van der Waals surface area (Å²) in [5, 5.41) is -0.545. The zero-order valence-electron chi connectivity index (χ0n) is 19.9. The fourth-order valence-corrected chi connectivity index (χ4v) is 5.64. The highest BCUT2D eigenvalue weighted by molar-refractivity contribution is 8.01. The molecule has 1 aliphatic rings. The number of carbonyl (C=O) groups excluding carboxylic acids is 1. The summed E-state index contributed by atoms with van der Waals surface area (Å²) in [5.41, 5.74) is 3.78. The lowest BCUT2D eigenvalue weighted by molar-refractivity contribution is -0.117. The van der Waals surface area contributed by atoms with E-state index in [1.807, 2.05) is 111 Å². The van der Waals surface area contributed by atoms with Crippen LogP contribution in [0, 0.1) is 6.92 Å². The molecule has 178 valence electrons. The number of benzene rings is 3. The van der Waals surface area contributed by atoms with E-state index in [1.54, 1.807) is 21.3 Å². The number of ether oxygens (including phenoxy) is 1. The Morgan fingerprint density at radius 3 is 2.17 bits per heavy atom. The van der Waals surface area contributed by atoms with Crippen molar-refractivity contribution in [2.45, 2.75) is 31.1 Å². The van der Waals surface area contributed by atoms with Crippen molar-refractivity contribution in [2.75, 3.05) is 4.90 Å². The molecule has 6 nitrogen and oxygen atoms in total. The largest absolute Gasteiger partial charge is 0.489 e. The first-order valence-electron chi connectivity index (χ1n) is 11.5. The van der Waals surface area contributed by atoms with Gasteiger partial charge in [-0.1, -0.05) is 60.7 Å². The van der Waals surface area contributed by atoms with Crippen molar-refractivity contribution in [3.63, 3.8) is 0 Å². The number of anilines is 1. The van der Waals surface area contributed by atoms with E-state index >= 15 is 0 Å². The Bertz CT molecular complexity index is 1400. The topological polar surface area (TPSA) is 56.5 Å². The van der Waals surface area contributed by atoms with Gasteiger partial charge in [-0.25, -0.2) is 4.68 Å². The maximum absolute atomic E-state index is 13.6. The van der Waals surface area contributed by atoms with Crippen LogP contribution in [0.5, 0.6) is 5.75 Å². The Balaban J connectivity index is 1.46. The van der Waals surface area contributed by atoms with Crippen molar-refractivity contribution in [2.24, 2.45) is 7.05 Å². The normalized spacial score (nSPS) is 17.7. The molecule has 35 heavy (non-hydrogen) atoms. The van der Waals surface area contributed by atoms with E-state index in [9.17, 15) is 9.59 Å². The van der Waals surface area contributed by atoms with E-state index in [0.717, 1.165) is 28.3 Å². The zero-order chi connectivity index (χ0) is 24.5. The lowest BCUT2D eigenvalue weighted by Gasteiger charge is -2.23. The van der Waals surface area contributed by atoms with Gasteiger partial charge in [-0.2, -0.15) is 0 Å². The molecule has 2 heterocycles. The molecule has 5 rings (SSSR count). The Morgan fingerprint density at radius 1 is 0.886 bits per heavy atom. The summed E-state index contributed by atoms with van der Waals surface area (Å²) in [6.07, 6.45) is 0. The summed E-state index contributed by atoms with van der Waals surface area (Å²) >= 11 is 1.55. The van der Waals surface area contributed by atoms with Gasteiger partial charge in [-0.05, 0) is 49.2 Å². The molecule has 1 saturated heterocycles. The number of amides is 1. The third-order valence-electron chi connectivity index (χ3n) is 6.33. The van der Waals surface area contributed by atoms with Crippen molar-refractivity contribution >= 4 is 23.4 Å². The summed E-state index contributed by atoms with van der Waals surface area (Å²) in [7, 11) is 1.85. The fourth-order valence-electron chi connectivity index (χ4n) is 4.38. The lowest BCUT2D eigenvalue weighted by atomic mass is 10.1. The van der Waals surface area contributed by atoms with Crippen LogP contribution in [0.4, 0.5) is 5.69 Å². The van der Waals surface area contributed by atoms with Crippen LogP contribution in [0.25, 0.3) is 5.69 Å². The molecule has 0 bridgehead atoms. The zero-order valence-corrected chi connectivity index (χ0v) is 20.7. The van der Waals surface area contributed by atoms with Gasteiger partial charge in [0.05, 0.1) is 16.6 Å². The second-order valence-electron chi connectivity index (χ2n) is 8.59. The Hall–Kier alpha value is -3.71. The highest BCUT2D eigenvalue weighted by Gasteiger charge is 2.42. The Morgan fingerprint density at radius 2 is 1.51 bits per heavy atom. The molecule has 4 aromatic rings. The van der Waals surface area contributed by atoms with Gasteiger partial charge in [-0.3, -0.25) is 19.2 Å². The molecular formula is C28H27N3O3S. The van der Waals surface area contributed by atoms with E-state index in [4.69, 9.17) is 4.74 Å². The van der Waals surface area contributed by atoms with E-state index < -0.39 is 0 Å². The molecule has 3 aromatic carbocycles. The highest BCUT2D eigenvalue weighted by Crippen LogP contribution is 2.45. The van der Waals surface area contributed by atoms with E-state index in [1.165, 1.54) is 0 Å². The smallest absolute Gasteiger partial charge is 0.295 e.